The fourth-order valence-electron chi connectivity index (χ4n) is 3.68. The number of piperidine rings is 2. The van der Waals surface area contributed by atoms with Gasteiger partial charge in [0.15, 0.2) is 0 Å². The molecule has 0 spiro atoms. The molecule has 1 N–H and O–H groups in total. The van der Waals surface area contributed by atoms with Crippen molar-refractivity contribution in [3.63, 3.8) is 0 Å². The number of nitrogens with one attached hydrogen (secondary N) is 1. The van der Waals surface area contributed by atoms with Crippen LogP contribution < -0.4 is 5.32 Å². The maximum absolute atomic E-state index is 12.4. The molecular formula is C19H26ClN3O2S. The Balaban J connectivity index is 0.00000196. The van der Waals surface area contributed by atoms with Gasteiger partial charge in [0.1, 0.15) is 6.61 Å². The molecule has 2 aliphatic rings. The van der Waals surface area contributed by atoms with E-state index in [2.05, 4.69) is 23.5 Å². The Kier molecular flexibility index (Phi) is 6.86. The summed E-state index contributed by atoms with van der Waals surface area (Å²) in [7, 11) is 0. The fourth-order valence-corrected chi connectivity index (χ4v) is 4.82. The summed E-state index contributed by atoms with van der Waals surface area (Å²) in [5.74, 6) is 0.619. The van der Waals surface area contributed by atoms with E-state index in [4.69, 9.17) is 9.72 Å². The third-order valence-electron chi connectivity index (χ3n) is 5.24. The Hall–Kier alpha value is -1.21. The molecule has 1 aromatic heterocycles. The molecule has 2 aromatic rings. The minimum absolute atomic E-state index is 0. The third-order valence-corrected chi connectivity index (χ3v) is 6.43. The molecule has 1 amide bonds. The highest BCUT2D eigenvalue weighted by atomic mass is 35.5. The predicted molar refractivity (Wildman–Crippen MR) is 107 cm³/mol. The first-order valence-electron chi connectivity index (χ1n) is 9.25. The number of ether oxygens (including phenoxy) is 1. The SMILES string of the molecule is Cl.O=C(COC1CCNCC1)N1CCC(c2nc3ccccc3s2)CC1. The smallest absolute Gasteiger partial charge is 0.248 e. The molecule has 2 aliphatic heterocycles. The zero-order chi connectivity index (χ0) is 17.1. The summed E-state index contributed by atoms with van der Waals surface area (Å²) in [6.07, 6.45) is 4.25. The molecule has 3 heterocycles. The van der Waals surface area contributed by atoms with Crippen molar-refractivity contribution in [1.82, 2.24) is 15.2 Å². The first-order valence-corrected chi connectivity index (χ1v) is 10.1. The lowest BCUT2D eigenvalue weighted by Gasteiger charge is -2.32. The van der Waals surface area contributed by atoms with Gasteiger partial charge in [0, 0.05) is 19.0 Å². The molecule has 0 aliphatic carbocycles. The number of halogens is 1. The predicted octanol–water partition coefficient (Wildman–Crippen LogP) is 3.19. The van der Waals surface area contributed by atoms with Gasteiger partial charge < -0.3 is 15.0 Å². The van der Waals surface area contributed by atoms with Crippen LogP contribution in [0, 0.1) is 0 Å². The highest BCUT2D eigenvalue weighted by Gasteiger charge is 2.26. The van der Waals surface area contributed by atoms with E-state index in [1.165, 1.54) is 9.71 Å². The van der Waals surface area contributed by atoms with Crippen LogP contribution in [0.4, 0.5) is 0 Å². The molecule has 0 bridgehead atoms. The van der Waals surface area contributed by atoms with E-state index in [1.54, 1.807) is 11.3 Å². The van der Waals surface area contributed by atoms with Gasteiger partial charge in [-0.25, -0.2) is 4.98 Å². The monoisotopic (exact) mass is 395 g/mol. The molecule has 0 unspecified atom stereocenters. The van der Waals surface area contributed by atoms with Crippen LogP contribution in [-0.2, 0) is 9.53 Å². The van der Waals surface area contributed by atoms with Crippen molar-refractivity contribution in [2.24, 2.45) is 0 Å². The van der Waals surface area contributed by atoms with Crippen molar-refractivity contribution in [3.05, 3.63) is 29.3 Å². The quantitative estimate of drug-likeness (QED) is 0.863. The number of carbonyl (C=O) groups is 1. The van der Waals surface area contributed by atoms with Gasteiger partial charge in [0.2, 0.25) is 5.91 Å². The molecule has 26 heavy (non-hydrogen) atoms. The summed E-state index contributed by atoms with van der Waals surface area (Å²) < 4.78 is 7.06. The van der Waals surface area contributed by atoms with Crippen LogP contribution in [-0.4, -0.2) is 54.7 Å². The molecule has 142 valence electrons. The van der Waals surface area contributed by atoms with Crippen LogP contribution in [0.25, 0.3) is 10.2 Å². The molecule has 5 nitrogen and oxygen atoms in total. The number of thiazole rings is 1. The van der Waals surface area contributed by atoms with Gasteiger partial charge in [-0.1, -0.05) is 12.1 Å². The van der Waals surface area contributed by atoms with Crippen molar-refractivity contribution < 1.29 is 9.53 Å². The van der Waals surface area contributed by atoms with E-state index in [0.717, 1.165) is 57.4 Å². The Morgan fingerprint density at radius 3 is 2.65 bits per heavy atom. The first-order chi connectivity index (χ1) is 12.3. The van der Waals surface area contributed by atoms with Crippen LogP contribution in [0.1, 0.15) is 36.6 Å². The summed E-state index contributed by atoms with van der Waals surface area (Å²) in [4.78, 5) is 19.1. The summed E-state index contributed by atoms with van der Waals surface area (Å²) in [6, 6.07) is 8.31. The normalized spacial score (nSPS) is 19.5. The van der Waals surface area contributed by atoms with Crippen molar-refractivity contribution in [2.75, 3.05) is 32.8 Å². The zero-order valence-corrected chi connectivity index (χ0v) is 16.5. The Labute approximate surface area is 164 Å². The maximum atomic E-state index is 12.4. The summed E-state index contributed by atoms with van der Waals surface area (Å²) in [5.41, 5.74) is 1.09. The van der Waals surface area contributed by atoms with Gasteiger partial charge in [-0.2, -0.15) is 0 Å². The van der Waals surface area contributed by atoms with Gasteiger partial charge in [-0.15, -0.1) is 23.7 Å². The standard InChI is InChI=1S/C19H25N3O2S.ClH/c23-18(13-24-15-5-9-20-10-6-15)22-11-7-14(8-12-22)19-21-16-3-1-2-4-17(16)25-19;/h1-4,14-15,20H,5-13H2;1H. The summed E-state index contributed by atoms with van der Waals surface area (Å²) in [6.45, 7) is 3.85. The number of para-hydroxylation sites is 1. The van der Waals surface area contributed by atoms with Crippen molar-refractivity contribution >= 4 is 39.9 Å². The van der Waals surface area contributed by atoms with Crippen LogP contribution in [0.5, 0.6) is 0 Å². The van der Waals surface area contributed by atoms with E-state index in [0.29, 0.717) is 5.92 Å². The lowest BCUT2D eigenvalue weighted by molar-refractivity contribution is -0.139. The lowest BCUT2D eigenvalue weighted by atomic mass is 9.97. The maximum Gasteiger partial charge on any atom is 0.248 e. The highest BCUT2D eigenvalue weighted by molar-refractivity contribution is 7.18. The van der Waals surface area contributed by atoms with Gasteiger partial charge in [-0.3, -0.25) is 4.79 Å². The Morgan fingerprint density at radius 2 is 1.92 bits per heavy atom. The van der Waals surface area contributed by atoms with Crippen LogP contribution >= 0.6 is 23.7 Å². The second-order valence-electron chi connectivity index (χ2n) is 6.94. The van der Waals surface area contributed by atoms with Gasteiger partial charge in [0.25, 0.3) is 0 Å². The van der Waals surface area contributed by atoms with Crippen LogP contribution in [0.15, 0.2) is 24.3 Å². The number of hydrogen-bond donors (Lipinski definition) is 1. The molecule has 0 radical (unpaired) electrons. The molecule has 0 atom stereocenters. The average Bonchev–Trinajstić information content (AvgIpc) is 3.11. The number of hydrogen-bond acceptors (Lipinski definition) is 5. The fraction of sp³-hybridized carbons (Fsp3) is 0.579. The number of fused-ring (bicyclic) bond motifs is 1. The number of aromatic nitrogens is 1. The minimum Gasteiger partial charge on any atom is -0.368 e. The molecular weight excluding hydrogens is 370 g/mol. The Morgan fingerprint density at radius 1 is 1.19 bits per heavy atom. The number of likely N-dealkylation sites (tertiary alicyclic amines) is 1. The van der Waals surface area contributed by atoms with E-state index in [-0.39, 0.29) is 31.0 Å². The van der Waals surface area contributed by atoms with Crippen molar-refractivity contribution in [2.45, 2.75) is 37.7 Å². The summed E-state index contributed by atoms with van der Waals surface area (Å²) >= 11 is 1.80. The van der Waals surface area contributed by atoms with E-state index in [9.17, 15) is 4.79 Å². The Bertz CT molecular complexity index is 691. The van der Waals surface area contributed by atoms with Gasteiger partial charge >= 0.3 is 0 Å². The highest BCUT2D eigenvalue weighted by Crippen LogP contribution is 2.33. The summed E-state index contributed by atoms with van der Waals surface area (Å²) in [5, 5.41) is 4.54. The molecule has 7 heteroatoms. The van der Waals surface area contributed by atoms with Gasteiger partial charge in [-0.05, 0) is 50.9 Å². The van der Waals surface area contributed by atoms with E-state index < -0.39 is 0 Å². The third kappa shape index (κ3) is 4.55. The second kappa shape index (κ2) is 9.13. The molecule has 2 fully saturated rings. The van der Waals surface area contributed by atoms with Crippen molar-refractivity contribution in [1.29, 1.82) is 0 Å². The number of carbonyl (C=O) groups excluding carboxylic acids is 1. The average molecular weight is 396 g/mol. The number of amides is 1. The molecule has 0 saturated carbocycles. The number of rotatable bonds is 4. The van der Waals surface area contributed by atoms with E-state index >= 15 is 0 Å². The van der Waals surface area contributed by atoms with Crippen LogP contribution in [0.3, 0.4) is 0 Å². The molecule has 4 rings (SSSR count). The first kappa shape index (κ1) is 19.5. The number of nitrogens with zero attached hydrogens (tertiary/aromatic N) is 2. The topological polar surface area (TPSA) is 54.5 Å². The largest absolute Gasteiger partial charge is 0.368 e. The molecule has 2 saturated heterocycles. The zero-order valence-electron chi connectivity index (χ0n) is 14.9. The second-order valence-corrected chi connectivity index (χ2v) is 8.00. The van der Waals surface area contributed by atoms with E-state index in [1.807, 2.05) is 11.0 Å². The number of benzene rings is 1. The lowest BCUT2D eigenvalue weighted by Crippen LogP contribution is -2.41. The minimum atomic E-state index is 0. The van der Waals surface area contributed by atoms with Crippen LogP contribution in [0.2, 0.25) is 0 Å². The molecule has 1 aromatic carbocycles. The van der Waals surface area contributed by atoms with Gasteiger partial charge in [0.05, 0.1) is 21.3 Å². The van der Waals surface area contributed by atoms with Crippen molar-refractivity contribution in [3.8, 4) is 0 Å².